The van der Waals surface area contributed by atoms with Gasteiger partial charge >= 0.3 is 12.1 Å². The number of carbonyl (C=O) groups excluding carboxylic acids is 3. The predicted octanol–water partition coefficient (Wildman–Crippen LogP) is 4.26. The molecule has 1 saturated carbocycles. The highest BCUT2D eigenvalue weighted by Gasteiger charge is 2.57. The molecule has 6 rings (SSSR count). The molecule has 3 aliphatic heterocycles. The summed E-state index contributed by atoms with van der Waals surface area (Å²) in [4.78, 5) is 41.7. The molecule has 0 bridgehead atoms. The highest BCUT2D eigenvalue weighted by molar-refractivity contribution is 5.96. The number of rotatable bonds is 4. The smallest absolute Gasteiger partial charge is 0.410 e. The van der Waals surface area contributed by atoms with Crippen LogP contribution < -0.4 is 0 Å². The van der Waals surface area contributed by atoms with Crippen LogP contribution in [0, 0.1) is 0 Å². The summed E-state index contributed by atoms with van der Waals surface area (Å²) < 4.78 is 10.9. The van der Waals surface area contributed by atoms with E-state index in [9.17, 15) is 14.4 Å². The zero-order valence-electron chi connectivity index (χ0n) is 20.5. The zero-order chi connectivity index (χ0) is 24.9. The summed E-state index contributed by atoms with van der Waals surface area (Å²) in [5.74, 6) is -0.159. The fourth-order valence-corrected chi connectivity index (χ4v) is 5.97. The van der Waals surface area contributed by atoms with E-state index in [2.05, 4.69) is 30.3 Å². The third-order valence-corrected chi connectivity index (χ3v) is 8.15. The van der Waals surface area contributed by atoms with Crippen molar-refractivity contribution in [2.75, 3.05) is 32.8 Å². The van der Waals surface area contributed by atoms with Gasteiger partial charge in [0.25, 0.3) is 0 Å². The number of benzene rings is 2. The highest BCUT2D eigenvalue weighted by Crippen LogP contribution is 2.52. The zero-order valence-corrected chi connectivity index (χ0v) is 20.5. The van der Waals surface area contributed by atoms with Crippen LogP contribution in [0.1, 0.15) is 59.7 Å². The van der Waals surface area contributed by atoms with E-state index in [-0.39, 0.29) is 18.0 Å². The normalized spacial score (nSPS) is 23.8. The molecule has 1 spiro atoms. The number of ether oxygens (including phenoxy) is 2. The van der Waals surface area contributed by atoms with E-state index in [1.807, 2.05) is 30.0 Å². The molecule has 0 radical (unpaired) electrons. The first-order valence-electron chi connectivity index (χ1n) is 12.8. The summed E-state index contributed by atoms with van der Waals surface area (Å²) in [6.45, 7) is 4.38. The molecule has 1 saturated heterocycles. The lowest BCUT2D eigenvalue weighted by molar-refractivity contribution is -0.134. The van der Waals surface area contributed by atoms with Crippen molar-refractivity contribution in [3.05, 3.63) is 76.9 Å². The molecule has 0 unspecified atom stereocenters. The highest BCUT2D eigenvalue weighted by atomic mass is 16.6. The van der Waals surface area contributed by atoms with Crippen LogP contribution in [0.5, 0.6) is 0 Å². The Morgan fingerprint density at radius 1 is 1.00 bits per heavy atom. The molecule has 1 aliphatic carbocycles. The van der Waals surface area contributed by atoms with Gasteiger partial charge in [0.1, 0.15) is 0 Å². The van der Waals surface area contributed by atoms with E-state index in [0.29, 0.717) is 44.8 Å². The Hall–Kier alpha value is -3.61. The molecular weight excluding hydrogens is 456 g/mol. The molecule has 2 amide bonds. The number of hydrogen-bond donors (Lipinski definition) is 0. The van der Waals surface area contributed by atoms with Gasteiger partial charge in [0, 0.05) is 31.6 Å². The molecule has 2 aromatic rings. The summed E-state index contributed by atoms with van der Waals surface area (Å²) in [5.41, 5.74) is 3.71. The second-order valence-electron chi connectivity index (χ2n) is 10.2. The van der Waals surface area contributed by atoms with Gasteiger partial charge in [-0.25, -0.2) is 9.59 Å². The average Bonchev–Trinajstić information content (AvgIpc) is 3.54. The third-order valence-electron chi connectivity index (χ3n) is 8.15. The van der Waals surface area contributed by atoms with Crippen LogP contribution in [0.25, 0.3) is 5.57 Å². The molecular formula is C29H30N2O5. The lowest BCUT2D eigenvalue weighted by Gasteiger charge is -2.27. The number of carbonyl (C=O) groups is 3. The number of fused-ring (bicyclic) bond motifs is 2. The minimum Gasteiger partial charge on any atom is -0.450 e. The first-order valence-corrected chi connectivity index (χ1v) is 12.8. The molecule has 7 heteroatoms. The Morgan fingerprint density at radius 3 is 2.47 bits per heavy atom. The Balaban J connectivity index is 1.15. The second-order valence-corrected chi connectivity index (χ2v) is 10.2. The number of esters is 1. The summed E-state index contributed by atoms with van der Waals surface area (Å²) in [5, 5.41) is 0. The van der Waals surface area contributed by atoms with Gasteiger partial charge < -0.3 is 19.3 Å². The number of nitrogens with zero attached hydrogens (tertiary/aromatic N) is 2. The SMILES string of the molecule is CCOC(=O)N1CC=C(c2ccc(C3(C(=O)N4CC[C@@]5(C4)OC(=O)c4ccccc45)CC3)cc2)CC1. The minimum absolute atomic E-state index is 0.134. The van der Waals surface area contributed by atoms with Crippen LogP contribution in [0.15, 0.2) is 54.6 Å². The van der Waals surface area contributed by atoms with Crippen molar-refractivity contribution in [3.8, 4) is 0 Å². The van der Waals surface area contributed by atoms with Crippen LogP contribution in [0.2, 0.25) is 0 Å². The van der Waals surface area contributed by atoms with Crippen molar-refractivity contribution >= 4 is 23.5 Å². The van der Waals surface area contributed by atoms with E-state index in [1.165, 1.54) is 5.57 Å². The Labute approximate surface area is 210 Å². The maximum atomic E-state index is 13.7. The first kappa shape index (κ1) is 22.8. The second kappa shape index (κ2) is 8.50. The van der Waals surface area contributed by atoms with Crippen LogP contribution in [0.4, 0.5) is 4.79 Å². The van der Waals surface area contributed by atoms with Crippen LogP contribution in [0.3, 0.4) is 0 Å². The van der Waals surface area contributed by atoms with Crippen molar-refractivity contribution in [1.82, 2.24) is 9.80 Å². The maximum absolute atomic E-state index is 13.7. The fraction of sp³-hybridized carbons (Fsp3) is 0.414. The lowest BCUT2D eigenvalue weighted by Crippen LogP contribution is -2.40. The molecule has 0 aromatic heterocycles. The van der Waals surface area contributed by atoms with Gasteiger partial charge in [0.15, 0.2) is 5.60 Å². The van der Waals surface area contributed by atoms with Crippen molar-refractivity contribution < 1.29 is 23.9 Å². The molecule has 4 aliphatic rings. The van der Waals surface area contributed by atoms with Crippen LogP contribution >= 0.6 is 0 Å². The van der Waals surface area contributed by atoms with E-state index in [1.54, 1.807) is 11.0 Å². The molecule has 2 aromatic carbocycles. The van der Waals surface area contributed by atoms with Gasteiger partial charge in [-0.2, -0.15) is 0 Å². The van der Waals surface area contributed by atoms with Crippen molar-refractivity contribution in [1.29, 1.82) is 0 Å². The van der Waals surface area contributed by atoms with Gasteiger partial charge in [0.05, 0.1) is 24.1 Å². The topological polar surface area (TPSA) is 76.2 Å². The summed E-state index contributed by atoms with van der Waals surface area (Å²) in [6.07, 6.45) is 4.89. The monoisotopic (exact) mass is 486 g/mol. The summed E-state index contributed by atoms with van der Waals surface area (Å²) in [6, 6.07) is 15.9. The standard InChI is InChI=1S/C29H30N2O5/c1-2-35-27(34)30-16-11-21(12-17-30)20-7-9-22(10-8-20)28(13-14-28)26(33)31-18-15-29(19-31)24-6-4-3-5-23(24)25(32)36-29/h3-11H,2,12-19H2,1H3/t29-/m0/s1. The minimum atomic E-state index is -0.714. The maximum Gasteiger partial charge on any atom is 0.410 e. The molecule has 2 fully saturated rings. The first-order chi connectivity index (χ1) is 17.5. The molecule has 0 N–H and O–H groups in total. The fourth-order valence-electron chi connectivity index (χ4n) is 5.97. The van der Waals surface area contributed by atoms with Gasteiger partial charge in [-0.05, 0) is 49.0 Å². The van der Waals surface area contributed by atoms with E-state index in [4.69, 9.17) is 9.47 Å². The largest absolute Gasteiger partial charge is 0.450 e. The molecule has 36 heavy (non-hydrogen) atoms. The number of likely N-dealkylation sites (tertiary alicyclic amines) is 1. The Kier molecular flexibility index (Phi) is 5.39. The molecule has 186 valence electrons. The van der Waals surface area contributed by atoms with E-state index >= 15 is 0 Å². The lowest BCUT2D eigenvalue weighted by atomic mass is 9.90. The third kappa shape index (κ3) is 3.60. The molecule has 1 atom stereocenters. The number of hydrogen-bond acceptors (Lipinski definition) is 5. The average molecular weight is 487 g/mol. The summed E-state index contributed by atoms with van der Waals surface area (Å²) in [7, 11) is 0. The number of amides is 2. The van der Waals surface area contributed by atoms with Gasteiger partial charge in [-0.3, -0.25) is 4.79 Å². The van der Waals surface area contributed by atoms with Crippen LogP contribution in [-0.2, 0) is 25.3 Å². The van der Waals surface area contributed by atoms with E-state index in [0.717, 1.165) is 36.0 Å². The van der Waals surface area contributed by atoms with Gasteiger partial charge in [-0.1, -0.05) is 48.5 Å². The Morgan fingerprint density at radius 2 is 1.78 bits per heavy atom. The van der Waals surface area contributed by atoms with Crippen LogP contribution in [-0.4, -0.2) is 60.6 Å². The van der Waals surface area contributed by atoms with Gasteiger partial charge in [-0.15, -0.1) is 0 Å². The predicted molar refractivity (Wildman–Crippen MR) is 133 cm³/mol. The van der Waals surface area contributed by atoms with Crippen molar-refractivity contribution in [2.45, 2.75) is 43.6 Å². The Bertz CT molecular complexity index is 1260. The van der Waals surface area contributed by atoms with Crippen molar-refractivity contribution in [3.63, 3.8) is 0 Å². The molecule has 7 nitrogen and oxygen atoms in total. The van der Waals surface area contributed by atoms with Gasteiger partial charge in [0.2, 0.25) is 5.91 Å². The quantitative estimate of drug-likeness (QED) is 0.604. The summed E-state index contributed by atoms with van der Waals surface area (Å²) >= 11 is 0. The molecule has 3 heterocycles. The van der Waals surface area contributed by atoms with Crippen molar-refractivity contribution in [2.24, 2.45) is 0 Å². The van der Waals surface area contributed by atoms with E-state index < -0.39 is 11.0 Å².